The first kappa shape index (κ1) is 24.0. The fourth-order valence-corrected chi connectivity index (χ4v) is 4.83. The van der Waals surface area contributed by atoms with Gasteiger partial charge in [-0.25, -0.2) is 9.97 Å². The highest BCUT2D eigenvalue weighted by molar-refractivity contribution is 7.54. The van der Waals surface area contributed by atoms with E-state index in [2.05, 4.69) is 9.97 Å². The van der Waals surface area contributed by atoms with Gasteiger partial charge in [0.25, 0.3) is 0 Å². The molecule has 6 atom stereocenters. The number of hydrogen-bond acceptors (Lipinski definition) is 9. The van der Waals surface area contributed by atoms with Crippen LogP contribution in [0.5, 0.6) is 0 Å². The number of nitrogens with zero attached hydrogens (tertiary/aromatic N) is 4. The van der Waals surface area contributed by atoms with E-state index in [1.54, 1.807) is 14.0 Å². The largest absolute Gasteiger partial charge is 0.388 e. The average molecular weight is 459 g/mol. The Morgan fingerprint density at radius 3 is 2.52 bits per heavy atom. The molecule has 5 N–H and O–H groups in total. The third kappa shape index (κ3) is 4.34. The van der Waals surface area contributed by atoms with E-state index >= 15 is 0 Å². The van der Waals surface area contributed by atoms with E-state index in [0.29, 0.717) is 11.2 Å². The van der Waals surface area contributed by atoms with Crippen LogP contribution >= 0.6 is 7.60 Å². The maximum atomic E-state index is 12.5. The van der Waals surface area contributed by atoms with Gasteiger partial charge in [0.2, 0.25) is 0 Å². The number of aliphatic hydroxyl groups is 3. The zero-order chi connectivity index (χ0) is 23.4. The van der Waals surface area contributed by atoms with Crippen molar-refractivity contribution in [2.45, 2.75) is 76.0 Å². The maximum Gasteiger partial charge on any atom is 0.359 e. The molecule has 1 aliphatic rings. The van der Waals surface area contributed by atoms with E-state index < -0.39 is 43.1 Å². The molecular weight excluding hydrogens is 429 g/mol. The molecule has 2 aromatic rings. The average Bonchev–Trinajstić information content (AvgIpc) is 3.20. The Bertz CT molecular complexity index is 1070. The zero-order valence-electron chi connectivity index (χ0n) is 18.1. The zero-order valence-corrected chi connectivity index (χ0v) is 19.0. The normalized spacial score (nSPS) is 28.5. The number of nitrogens with one attached hydrogen (secondary N) is 1. The second kappa shape index (κ2) is 8.04. The van der Waals surface area contributed by atoms with Gasteiger partial charge in [-0.05, 0) is 27.2 Å². The van der Waals surface area contributed by atoms with Gasteiger partial charge < -0.3 is 34.0 Å². The number of imidazole rings is 1. The standard InChI is InChI=1S/C18H30N5O7P/c1-6-18(4,26)31(27,28)30-17(2,3)7-10-12(24)13(25)16(29-10)23-9-20-11-14(19)22(5)8-21-15(11)23/h8-10,12-13,16,19,24-26H,6-7H2,1-5H3,(H,27,28). The second-order valence-electron chi connectivity index (χ2n) is 8.72. The molecule has 0 spiro atoms. The van der Waals surface area contributed by atoms with Crippen molar-refractivity contribution in [2.24, 2.45) is 7.05 Å². The van der Waals surface area contributed by atoms with Crippen molar-refractivity contribution in [3.05, 3.63) is 18.1 Å². The van der Waals surface area contributed by atoms with Crippen LogP contribution in [-0.4, -0.2) is 68.6 Å². The molecule has 3 heterocycles. The first-order valence-electron chi connectivity index (χ1n) is 9.91. The summed E-state index contributed by atoms with van der Waals surface area (Å²) in [5.41, 5.74) is -0.509. The molecule has 0 amide bonds. The maximum absolute atomic E-state index is 12.5. The Labute approximate surface area is 179 Å². The van der Waals surface area contributed by atoms with Crippen molar-refractivity contribution in [3.63, 3.8) is 0 Å². The topological polar surface area (TPSA) is 176 Å². The number of aromatic nitrogens is 4. The van der Waals surface area contributed by atoms with E-state index in [0.717, 1.165) is 0 Å². The molecule has 12 nitrogen and oxygen atoms in total. The molecule has 1 saturated heterocycles. The van der Waals surface area contributed by atoms with Crippen molar-refractivity contribution in [1.29, 1.82) is 5.41 Å². The van der Waals surface area contributed by atoms with Crippen molar-refractivity contribution in [3.8, 4) is 0 Å². The Hall–Kier alpha value is -1.66. The number of aryl methyl sites for hydroxylation is 1. The van der Waals surface area contributed by atoms with Gasteiger partial charge in [0, 0.05) is 13.5 Å². The second-order valence-corrected chi connectivity index (χ2v) is 10.9. The molecule has 0 aliphatic carbocycles. The summed E-state index contributed by atoms with van der Waals surface area (Å²) >= 11 is 0. The summed E-state index contributed by atoms with van der Waals surface area (Å²) in [5.74, 6) is 0. The molecule has 0 saturated carbocycles. The van der Waals surface area contributed by atoms with Gasteiger partial charge in [-0.1, -0.05) is 6.92 Å². The highest BCUT2D eigenvalue weighted by atomic mass is 31.2. The summed E-state index contributed by atoms with van der Waals surface area (Å²) in [6.07, 6.45) is -1.82. The first-order valence-corrected chi connectivity index (χ1v) is 11.5. The Kier molecular flexibility index (Phi) is 6.22. The van der Waals surface area contributed by atoms with Gasteiger partial charge in [-0.15, -0.1) is 0 Å². The fraction of sp³-hybridized carbons (Fsp3) is 0.722. The first-order chi connectivity index (χ1) is 14.2. The highest BCUT2D eigenvalue weighted by Gasteiger charge is 2.50. The van der Waals surface area contributed by atoms with Crippen LogP contribution in [0.1, 0.15) is 46.8 Å². The third-order valence-corrected chi connectivity index (χ3v) is 7.93. The number of hydrogen-bond donors (Lipinski definition) is 5. The molecule has 31 heavy (non-hydrogen) atoms. The van der Waals surface area contributed by atoms with E-state index in [1.807, 2.05) is 0 Å². The predicted octanol–water partition coefficient (Wildman–Crippen LogP) is 0.358. The van der Waals surface area contributed by atoms with Crippen LogP contribution in [0, 0.1) is 5.41 Å². The summed E-state index contributed by atoms with van der Waals surface area (Å²) < 4.78 is 26.7. The lowest BCUT2D eigenvalue weighted by Crippen LogP contribution is -2.38. The van der Waals surface area contributed by atoms with Gasteiger partial charge >= 0.3 is 7.60 Å². The molecule has 0 bridgehead atoms. The summed E-state index contributed by atoms with van der Waals surface area (Å²) in [5, 5.41) is 37.5. The highest BCUT2D eigenvalue weighted by Crippen LogP contribution is 2.58. The van der Waals surface area contributed by atoms with Crippen molar-refractivity contribution < 1.29 is 34.0 Å². The number of rotatable bonds is 7. The van der Waals surface area contributed by atoms with Crippen LogP contribution < -0.4 is 5.49 Å². The molecule has 1 fully saturated rings. The van der Waals surface area contributed by atoms with Crippen LogP contribution in [0.4, 0.5) is 0 Å². The molecule has 0 radical (unpaired) electrons. The monoisotopic (exact) mass is 459 g/mol. The quantitative estimate of drug-likeness (QED) is 0.366. The molecule has 6 unspecified atom stereocenters. The van der Waals surface area contributed by atoms with E-state index in [1.165, 1.54) is 42.6 Å². The fourth-order valence-electron chi connectivity index (χ4n) is 3.48. The number of aliphatic hydroxyl groups excluding tert-OH is 2. The minimum Gasteiger partial charge on any atom is -0.388 e. The minimum atomic E-state index is -4.41. The smallest absolute Gasteiger partial charge is 0.359 e. The van der Waals surface area contributed by atoms with E-state index in [4.69, 9.17) is 14.7 Å². The third-order valence-electron chi connectivity index (χ3n) is 5.65. The SMILES string of the molecule is CCC(C)(O)P(=O)(O)OC(C)(C)CC1OC(n2cnc3c(=N)n(C)cnc32)C(O)C1O. The van der Waals surface area contributed by atoms with Crippen LogP contribution in [0.2, 0.25) is 0 Å². The number of fused-ring (bicyclic) bond motifs is 1. The lowest BCUT2D eigenvalue weighted by molar-refractivity contribution is -0.0636. The van der Waals surface area contributed by atoms with Crippen LogP contribution in [0.25, 0.3) is 11.2 Å². The Morgan fingerprint density at radius 1 is 1.26 bits per heavy atom. The van der Waals surface area contributed by atoms with Gasteiger partial charge in [0.05, 0.1) is 24.4 Å². The van der Waals surface area contributed by atoms with E-state index in [-0.39, 0.29) is 18.3 Å². The molecule has 174 valence electrons. The summed E-state index contributed by atoms with van der Waals surface area (Å²) in [7, 11) is -2.75. The van der Waals surface area contributed by atoms with Gasteiger partial charge in [-0.2, -0.15) is 0 Å². The van der Waals surface area contributed by atoms with Crippen LogP contribution in [0.15, 0.2) is 12.7 Å². The van der Waals surface area contributed by atoms with Gasteiger partial charge in [0.1, 0.15) is 17.7 Å². The lowest BCUT2D eigenvalue weighted by Gasteiger charge is -2.35. The molecule has 3 rings (SSSR count). The molecule has 2 aromatic heterocycles. The van der Waals surface area contributed by atoms with Crippen LogP contribution in [-0.2, 0) is 20.9 Å². The minimum absolute atomic E-state index is 0.0106. The molecule has 13 heteroatoms. The van der Waals surface area contributed by atoms with Crippen LogP contribution in [0.3, 0.4) is 0 Å². The molecule has 1 aliphatic heterocycles. The Balaban J connectivity index is 1.82. The Morgan fingerprint density at radius 2 is 1.90 bits per heavy atom. The van der Waals surface area contributed by atoms with Gasteiger partial charge in [0.15, 0.2) is 22.7 Å². The lowest BCUT2D eigenvalue weighted by atomic mass is 9.97. The summed E-state index contributed by atoms with van der Waals surface area (Å²) in [4.78, 5) is 18.6. The summed E-state index contributed by atoms with van der Waals surface area (Å²) in [6, 6.07) is 0. The number of ether oxygens (including phenoxy) is 1. The molecule has 0 aromatic carbocycles. The van der Waals surface area contributed by atoms with Gasteiger partial charge in [-0.3, -0.25) is 14.5 Å². The van der Waals surface area contributed by atoms with Crippen molar-refractivity contribution in [2.75, 3.05) is 0 Å². The van der Waals surface area contributed by atoms with E-state index in [9.17, 15) is 24.8 Å². The predicted molar refractivity (Wildman–Crippen MR) is 109 cm³/mol. The summed E-state index contributed by atoms with van der Waals surface area (Å²) in [6.45, 7) is 5.87. The van der Waals surface area contributed by atoms with Crippen molar-refractivity contribution in [1.82, 2.24) is 19.1 Å². The molecular formula is C18H30N5O7P. The van der Waals surface area contributed by atoms with Crippen molar-refractivity contribution >= 4 is 18.8 Å².